The van der Waals surface area contributed by atoms with Gasteiger partial charge in [0.2, 0.25) is 0 Å². The molecule has 9 heteroatoms. The molecule has 2 N–H and O–H groups in total. The number of nitrogens with one attached hydrogen (secondary N) is 2. The van der Waals surface area contributed by atoms with E-state index in [1.807, 2.05) is 25.7 Å². The number of carbonyl (C=O) groups excluding carboxylic acids is 1. The molecule has 0 bridgehead atoms. The number of ether oxygens (including phenoxy) is 1. The van der Waals surface area contributed by atoms with Gasteiger partial charge in [0.1, 0.15) is 5.75 Å². The first-order valence-electron chi connectivity index (χ1n) is 9.13. The zero-order chi connectivity index (χ0) is 20.3. The highest BCUT2D eigenvalue weighted by atomic mass is 32.1. The first-order valence-corrected chi connectivity index (χ1v) is 9.95. The van der Waals surface area contributed by atoms with Crippen LogP contribution in [-0.2, 0) is 0 Å². The van der Waals surface area contributed by atoms with Crippen LogP contribution in [0.2, 0.25) is 0 Å². The number of rotatable bonds is 6. The molecule has 28 heavy (non-hydrogen) atoms. The Morgan fingerprint density at radius 2 is 2.11 bits per heavy atom. The Labute approximate surface area is 166 Å². The van der Waals surface area contributed by atoms with E-state index in [9.17, 15) is 13.6 Å². The zero-order valence-electron chi connectivity index (χ0n) is 16.0. The Bertz CT molecular complexity index is 830. The zero-order valence-corrected chi connectivity index (χ0v) is 16.9. The van der Waals surface area contributed by atoms with Crippen molar-refractivity contribution in [3.63, 3.8) is 0 Å². The number of amides is 2. The van der Waals surface area contributed by atoms with Crippen LogP contribution in [0.5, 0.6) is 5.75 Å². The highest BCUT2D eigenvalue weighted by molar-refractivity contribution is 7.11. The summed E-state index contributed by atoms with van der Waals surface area (Å²) in [6.07, 6.45) is 0.726. The van der Waals surface area contributed by atoms with Crippen LogP contribution >= 0.6 is 11.3 Å². The number of urea groups is 1. The average molecular weight is 410 g/mol. The number of aromatic nitrogens is 1. The van der Waals surface area contributed by atoms with Crippen LogP contribution in [0.15, 0.2) is 24.3 Å². The van der Waals surface area contributed by atoms with Crippen LogP contribution < -0.4 is 20.3 Å². The Balaban J connectivity index is 1.56. The molecule has 1 aliphatic heterocycles. The topological polar surface area (TPSA) is 66.5 Å². The second kappa shape index (κ2) is 8.72. The molecule has 1 saturated heterocycles. The number of anilines is 1. The van der Waals surface area contributed by atoms with Crippen LogP contribution in [-0.4, -0.2) is 36.8 Å². The Hall–Kier alpha value is -2.42. The van der Waals surface area contributed by atoms with Gasteiger partial charge in [0, 0.05) is 24.0 Å². The van der Waals surface area contributed by atoms with Gasteiger partial charge in [-0.3, -0.25) is 0 Å². The number of halogens is 2. The maximum absolute atomic E-state index is 12.6. The van der Waals surface area contributed by atoms with E-state index in [1.165, 1.54) is 6.07 Å². The minimum absolute atomic E-state index is 0.0731. The summed E-state index contributed by atoms with van der Waals surface area (Å²) in [4.78, 5) is 19.8. The van der Waals surface area contributed by atoms with Gasteiger partial charge in [-0.25, -0.2) is 9.78 Å². The van der Waals surface area contributed by atoms with Crippen LogP contribution in [0.3, 0.4) is 0 Å². The van der Waals surface area contributed by atoms with Gasteiger partial charge >= 0.3 is 12.6 Å². The normalized spacial score (nSPS) is 17.6. The number of nitrogens with zero attached hydrogens (tertiary/aromatic N) is 2. The van der Waals surface area contributed by atoms with Crippen molar-refractivity contribution >= 4 is 23.1 Å². The van der Waals surface area contributed by atoms with E-state index in [0.717, 1.165) is 22.0 Å². The minimum atomic E-state index is -2.87. The second-order valence-electron chi connectivity index (χ2n) is 6.80. The predicted molar refractivity (Wildman–Crippen MR) is 105 cm³/mol. The number of carbonyl (C=O) groups is 1. The summed E-state index contributed by atoms with van der Waals surface area (Å²) < 4.78 is 29.8. The third-order valence-electron chi connectivity index (χ3n) is 4.63. The molecule has 1 aromatic carbocycles. The molecule has 0 radical (unpaired) electrons. The van der Waals surface area contributed by atoms with E-state index in [1.54, 1.807) is 29.5 Å². The summed E-state index contributed by atoms with van der Waals surface area (Å²) >= 11 is 1.57. The molecule has 2 heterocycles. The van der Waals surface area contributed by atoms with E-state index in [-0.39, 0.29) is 23.9 Å². The monoisotopic (exact) mass is 410 g/mol. The summed E-state index contributed by atoms with van der Waals surface area (Å²) in [5.41, 5.74) is 1.54. The largest absolute Gasteiger partial charge is 0.433 e. The van der Waals surface area contributed by atoms with Gasteiger partial charge in [-0.15, -0.1) is 11.3 Å². The van der Waals surface area contributed by atoms with E-state index in [4.69, 9.17) is 0 Å². The van der Waals surface area contributed by atoms with E-state index < -0.39 is 6.61 Å². The van der Waals surface area contributed by atoms with Gasteiger partial charge in [-0.05, 0) is 39.3 Å². The lowest BCUT2D eigenvalue weighted by Gasteiger charge is -2.22. The third-order valence-corrected chi connectivity index (χ3v) is 5.88. The van der Waals surface area contributed by atoms with Gasteiger partial charge in [0.15, 0.2) is 0 Å². The molecule has 3 rings (SSSR count). The highest BCUT2D eigenvalue weighted by Crippen LogP contribution is 2.32. The van der Waals surface area contributed by atoms with Crippen LogP contribution in [0.25, 0.3) is 0 Å². The highest BCUT2D eigenvalue weighted by Gasteiger charge is 2.27. The number of hydrogen-bond donors (Lipinski definition) is 2. The van der Waals surface area contributed by atoms with Crippen molar-refractivity contribution in [1.29, 1.82) is 0 Å². The molecule has 2 atom stereocenters. The van der Waals surface area contributed by atoms with Gasteiger partial charge in [-0.1, -0.05) is 12.1 Å². The maximum atomic E-state index is 12.6. The van der Waals surface area contributed by atoms with Crippen LogP contribution in [0.4, 0.5) is 19.3 Å². The first kappa shape index (κ1) is 20.3. The lowest BCUT2D eigenvalue weighted by Crippen LogP contribution is -2.44. The van der Waals surface area contributed by atoms with E-state index in [0.29, 0.717) is 18.8 Å². The fourth-order valence-corrected chi connectivity index (χ4v) is 4.38. The third kappa shape index (κ3) is 4.89. The van der Waals surface area contributed by atoms with Crippen LogP contribution in [0, 0.1) is 13.8 Å². The van der Waals surface area contributed by atoms with E-state index >= 15 is 0 Å². The summed E-state index contributed by atoms with van der Waals surface area (Å²) in [6.45, 7) is 4.11. The SMILES string of the molecule is Cc1nc(C)c(C(C)NC(=O)NC2CCN(c3ccccc3OC(F)F)C2)s1. The minimum Gasteiger partial charge on any atom is -0.433 e. The van der Waals surface area contributed by atoms with Crippen molar-refractivity contribution in [2.75, 3.05) is 18.0 Å². The summed E-state index contributed by atoms with van der Waals surface area (Å²) in [5.74, 6) is 0.146. The number of aryl methyl sites for hydroxylation is 2. The molecule has 0 spiro atoms. The second-order valence-corrected chi connectivity index (χ2v) is 8.03. The number of hydrogen-bond acceptors (Lipinski definition) is 5. The van der Waals surface area contributed by atoms with Crippen molar-refractivity contribution in [2.24, 2.45) is 0 Å². The fraction of sp³-hybridized carbons (Fsp3) is 0.474. The first-order chi connectivity index (χ1) is 13.3. The summed E-state index contributed by atoms with van der Waals surface area (Å²) in [5, 5.41) is 6.89. The molecule has 1 fully saturated rings. The Morgan fingerprint density at radius 1 is 1.36 bits per heavy atom. The molecule has 0 saturated carbocycles. The lowest BCUT2D eigenvalue weighted by molar-refractivity contribution is -0.0495. The molecule has 152 valence electrons. The molecule has 0 aliphatic carbocycles. The van der Waals surface area contributed by atoms with Gasteiger partial charge in [0.25, 0.3) is 0 Å². The average Bonchev–Trinajstić information content (AvgIpc) is 3.20. The molecule has 1 aliphatic rings. The molecule has 6 nitrogen and oxygen atoms in total. The number of benzene rings is 1. The smallest absolute Gasteiger partial charge is 0.387 e. The standard InChI is InChI=1S/C19H24F2N4O2S/c1-11-17(28-13(3)22-11)12(2)23-19(26)24-14-8-9-25(10-14)15-6-4-5-7-16(15)27-18(20)21/h4-7,12,14,18H,8-10H2,1-3H3,(H2,23,24,26). The fourth-order valence-electron chi connectivity index (χ4n) is 3.45. The lowest BCUT2D eigenvalue weighted by atomic mass is 10.2. The van der Waals surface area contributed by atoms with Crippen molar-refractivity contribution in [3.8, 4) is 5.75 Å². The maximum Gasteiger partial charge on any atom is 0.387 e. The molecular weight excluding hydrogens is 386 g/mol. The molecule has 2 unspecified atom stereocenters. The summed E-state index contributed by atoms with van der Waals surface area (Å²) in [6, 6.07) is 6.25. The van der Waals surface area contributed by atoms with Gasteiger partial charge < -0.3 is 20.3 Å². The summed E-state index contributed by atoms with van der Waals surface area (Å²) in [7, 11) is 0. The quantitative estimate of drug-likeness (QED) is 0.756. The number of alkyl halides is 2. The van der Waals surface area contributed by atoms with Crippen molar-refractivity contribution in [3.05, 3.63) is 39.8 Å². The van der Waals surface area contributed by atoms with Gasteiger partial charge in [-0.2, -0.15) is 8.78 Å². The Morgan fingerprint density at radius 3 is 2.79 bits per heavy atom. The van der Waals surface area contributed by atoms with Gasteiger partial charge in [0.05, 0.1) is 22.4 Å². The molecule has 1 aromatic heterocycles. The number of thiazole rings is 1. The van der Waals surface area contributed by atoms with Crippen molar-refractivity contribution in [1.82, 2.24) is 15.6 Å². The van der Waals surface area contributed by atoms with Crippen molar-refractivity contribution in [2.45, 2.75) is 45.9 Å². The molecule has 2 aromatic rings. The number of para-hydroxylation sites is 2. The van der Waals surface area contributed by atoms with Crippen molar-refractivity contribution < 1.29 is 18.3 Å². The molecular formula is C19H24F2N4O2S. The molecule has 2 amide bonds. The predicted octanol–water partition coefficient (Wildman–Crippen LogP) is 4.00. The Kier molecular flexibility index (Phi) is 6.33. The van der Waals surface area contributed by atoms with Crippen LogP contribution in [0.1, 0.15) is 35.0 Å². The van der Waals surface area contributed by atoms with E-state index in [2.05, 4.69) is 20.4 Å².